The Hall–Kier alpha value is -0.720. The Morgan fingerprint density at radius 2 is 1.71 bits per heavy atom. The molecule has 0 aliphatic rings. The van der Waals surface area contributed by atoms with Gasteiger partial charge in [-0.25, -0.2) is 0 Å². The zero-order chi connectivity index (χ0) is 11.1. The Balaban J connectivity index is 3.40. The summed E-state index contributed by atoms with van der Waals surface area (Å²) in [5.41, 5.74) is 4.68. The van der Waals surface area contributed by atoms with Crippen LogP contribution in [-0.2, 0) is 12.5 Å². The molecule has 1 aromatic heterocycles. The molecule has 0 bridgehead atoms. The molecule has 0 aromatic carbocycles. The van der Waals surface area contributed by atoms with E-state index < -0.39 is 0 Å². The molecule has 0 saturated carbocycles. The Morgan fingerprint density at radius 1 is 1.21 bits per heavy atom. The normalized spacial score (nSPS) is 12.6. The van der Waals surface area contributed by atoms with E-state index in [1.165, 1.54) is 16.8 Å². The van der Waals surface area contributed by atoms with Gasteiger partial charge >= 0.3 is 0 Å². The van der Waals surface area contributed by atoms with Gasteiger partial charge < -0.3 is 4.57 Å². The van der Waals surface area contributed by atoms with Crippen LogP contribution in [0.1, 0.15) is 57.4 Å². The molecule has 0 N–H and O–H groups in total. The Morgan fingerprint density at radius 3 is 2.00 bits per heavy atom. The first kappa shape index (κ1) is 11.4. The molecule has 0 aliphatic heterocycles. The van der Waals surface area contributed by atoms with Gasteiger partial charge in [0.1, 0.15) is 0 Å². The first-order valence-corrected chi connectivity index (χ1v) is 5.41. The lowest BCUT2D eigenvalue weighted by atomic mass is 9.82. The fourth-order valence-corrected chi connectivity index (χ4v) is 2.47. The molecule has 1 nitrogen and oxygen atoms in total. The van der Waals surface area contributed by atoms with Crippen molar-refractivity contribution in [1.82, 2.24) is 4.57 Å². The number of aromatic nitrogens is 1. The van der Waals surface area contributed by atoms with Crippen LogP contribution in [-0.4, -0.2) is 4.57 Å². The van der Waals surface area contributed by atoms with E-state index in [9.17, 15) is 0 Å². The smallest absolute Gasteiger partial charge is 0.0237 e. The molecule has 0 atom stereocenters. The van der Waals surface area contributed by atoms with E-state index in [1.54, 1.807) is 0 Å². The average Bonchev–Trinajstić information content (AvgIpc) is 2.23. The first-order valence-electron chi connectivity index (χ1n) is 5.41. The maximum atomic E-state index is 2.29. The highest BCUT2D eigenvalue weighted by atomic mass is 14.9. The standard InChI is InChI=1S/C13H23N/c1-9(2)12-11(13(4,5)6)10(3)8-14(12)7/h8-9H,1-7H3. The van der Waals surface area contributed by atoms with Crippen molar-refractivity contribution in [2.45, 2.75) is 52.9 Å². The molecule has 1 rings (SSSR count). The first-order chi connectivity index (χ1) is 6.25. The average molecular weight is 193 g/mol. The summed E-state index contributed by atoms with van der Waals surface area (Å²) in [4.78, 5) is 0. The van der Waals surface area contributed by atoms with Crippen LogP contribution >= 0.6 is 0 Å². The van der Waals surface area contributed by atoms with Crippen LogP contribution in [0.4, 0.5) is 0 Å². The fourth-order valence-electron chi connectivity index (χ4n) is 2.47. The Bertz CT molecular complexity index is 324. The summed E-state index contributed by atoms with van der Waals surface area (Å²) in [5.74, 6) is 0.600. The van der Waals surface area contributed by atoms with Crippen LogP contribution in [0, 0.1) is 6.92 Å². The van der Waals surface area contributed by atoms with Crippen molar-refractivity contribution in [3.63, 3.8) is 0 Å². The van der Waals surface area contributed by atoms with E-state index in [-0.39, 0.29) is 5.41 Å². The topological polar surface area (TPSA) is 4.93 Å². The van der Waals surface area contributed by atoms with Crippen molar-refractivity contribution in [2.24, 2.45) is 7.05 Å². The largest absolute Gasteiger partial charge is 0.354 e. The van der Waals surface area contributed by atoms with Crippen LogP contribution in [0.3, 0.4) is 0 Å². The van der Waals surface area contributed by atoms with Gasteiger partial charge in [0.2, 0.25) is 0 Å². The van der Waals surface area contributed by atoms with Crippen molar-refractivity contribution >= 4 is 0 Å². The van der Waals surface area contributed by atoms with Crippen molar-refractivity contribution in [2.75, 3.05) is 0 Å². The van der Waals surface area contributed by atoms with Gasteiger partial charge in [-0.2, -0.15) is 0 Å². The molecule has 14 heavy (non-hydrogen) atoms. The molecule has 1 heterocycles. The molecule has 1 aromatic rings. The van der Waals surface area contributed by atoms with Crippen LogP contribution in [0.25, 0.3) is 0 Å². The minimum Gasteiger partial charge on any atom is -0.354 e. The fraction of sp³-hybridized carbons (Fsp3) is 0.692. The summed E-state index contributed by atoms with van der Waals surface area (Å²) in [6.07, 6.45) is 2.25. The lowest BCUT2D eigenvalue weighted by molar-refractivity contribution is 0.566. The molecule has 0 amide bonds. The van der Waals surface area contributed by atoms with Gasteiger partial charge in [0.05, 0.1) is 0 Å². The SMILES string of the molecule is Cc1cn(C)c(C(C)C)c1C(C)(C)C. The zero-order valence-electron chi connectivity index (χ0n) is 10.6. The van der Waals surface area contributed by atoms with Gasteiger partial charge in [-0.3, -0.25) is 0 Å². The van der Waals surface area contributed by atoms with Crippen LogP contribution in [0.5, 0.6) is 0 Å². The summed E-state index contributed by atoms with van der Waals surface area (Å²) < 4.78 is 2.28. The summed E-state index contributed by atoms with van der Waals surface area (Å²) in [5, 5.41) is 0. The maximum absolute atomic E-state index is 2.29. The van der Waals surface area contributed by atoms with E-state index >= 15 is 0 Å². The second-order valence-corrected chi connectivity index (χ2v) is 5.59. The number of rotatable bonds is 1. The van der Waals surface area contributed by atoms with Crippen molar-refractivity contribution in [3.8, 4) is 0 Å². The zero-order valence-corrected chi connectivity index (χ0v) is 10.6. The molecule has 0 aliphatic carbocycles. The number of aryl methyl sites for hydroxylation is 2. The third-order valence-corrected chi connectivity index (χ3v) is 2.71. The monoisotopic (exact) mass is 193 g/mol. The van der Waals surface area contributed by atoms with Gasteiger partial charge in [-0.05, 0) is 29.4 Å². The van der Waals surface area contributed by atoms with Crippen molar-refractivity contribution in [3.05, 3.63) is 23.0 Å². The molecule has 0 unspecified atom stereocenters. The van der Waals surface area contributed by atoms with Gasteiger partial charge in [0.25, 0.3) is 0 Å². The second-order valence-electron chi connectivity index (χ2n) is 5.59. The highest BCUT2D eigenvalue weighted by Crippen LogP contribution is 2.33. The van der Waals surface area contributed by atoms with Crippen LogP contribution in [0.15, 0.2) is 6.20 Å². The van der Waals surface area contributed by atoms with Gasteiger partial charge in [0, 0.05) is 18.9 Å². The van der Waals surface area contributed by atoms with Crippen LogP contribution < -0.4 is 0 Å². The Kier molecular flexibility index (Phi) is 2.80. The van der Waals surface area contributed by atoms with E-state index in [4.69, 9.17) is 0 Å². The molecular weight excluding hydrogens is 170 g/mol. The minimum atomic E-state index is 0.255. The summed E-state index contributed by atoms with van der Waals surface area (Å²) >= 11 is 0. The molecule has 0 spiro atoms. The van der Waals surface area contributed by atoms with Crippen LogP contribution in [0.2, 0.25) is 0 Å². The third-order valence-electron chi connectivity index (χ3n) is 2.71. The summed E-state index contributed by atoms with van der Waals surface area (Å²) in [6.45, 7) is 13.6. The summed E-state index contributed by atoms with van der Waals surface area (Å²) in [6, 6.07) is 0. The number of nitrogens with zero attached hydrogens (tertiary/aromatic N) is 1. The summed E-state index contributed by atoms with van der Waals surface area (Å²) in [7, 11) is 2.15. The van der Waals surface area contributed by atoms with Gasteiger partial charge in [-0.15, -0.1) is 0 Å². The van der Waals surface area contributed by atoms with Crippen molar-refractivity contribution in [1.29, 1.82) is 0 Å². The highest BCUT2D eigenvalue weighted by Gasteiger charge is 2.24. The maximum Gasteiger partial charge on any atom is 0.0237 e. The second kappa shape index (κ2) is 3.45. The Labute approximate surface area is 88.1 Å². The molecule has 80 valence electrons. The van der Waals surface area contributed by atoms with E-state index in [1.807, 2.05) is 0 Å². The number of hydrogen-bond donors (Lipinski definition) is 0. The highest BCUT2D eigenvalue weighted by molar-refractivity contribution is 5.38. The van der Waals surface area contributed by atoms with Crippen molar-refractivity contribution < 1.29 is 0 Å². The number of hydrogen-bond acceptors (Lipinski definition) is 0. The molecule has 0 fully saturated rings. The predicted molar refractivity (Wildman–Crippen MR) is 62.9 cm³/mol. The minimum absolute atomic E-state index is 0.255. The third kappa shape index (κ3) is 1.87. The van der Waals surface area contributed by atoms with E-state index in [0.29, 0.717) is 5.92 Å². The quantitative estimate of drug-likeness (QED) is 0.640. The molecule has 1 heteroatoms. The van der Waals surface area contributed by atoms with E-state index in [2.05, 4.69) is 59.4 Å². The molecule has 0 saturated heterocycles. The predicted octanol–water partition coefficient (Wildman–Crippen LogP) is 3.75. The van der Waals surface area contributed by atoms with Gasteiger partial charge in [-0.1, -0.05) is 34.6 Å². The molecular formula is C13H23N. The lowest BCUT2D eigenvalue weighted by Gasteiger charge is -2.23. The molecule has 0 radical (unpaired) electrons. The lowest BCUT2D eigenvalue weighted by Crippen LogP contribution is -2.16. The van der Waals surface area contributed by atoms with E-state index in [0.717, 1.165) is 0 Å². The van der Waals surface area contributed by atoms with Gasteiger partial charge in [0.15, 0.2) is 0 Å².